The maximum Gasteiger partial charge on any atom is 0.239 e. The number of methoxy groups -OCH3 is 1. The molecule has 15 heavy (non-hydrogen) atoms. The first kappa shape index (κ1) is 9.58. The molecule has 0 amide bonds. The molecule has 0 aliphatic carbocycles. The van der Waals surface area contributed by atoms with Crippen LogP contribution in [0.2, 0.25) is 0 Å². The molecule has 1 aromatic heterocycles. The molecule has 2 rings (SSSR count). The molecule has 1 aromatic carbocycles. The second-order valence-corrected chi connectivity index (χ2v) is 3.03. The lowest BCUT2D eigenvalue weighted by Gasteiger charge is -2.06. The number of carbonyl (C=O) groups excluding carboxylic acids is 1. The molecule has 4 nitrogen and oxygen atoms in total. The van der Waals surface area contributed by atoms with Gasteiger partial charge in [0, 0.05) is 5.39 Å². The minimum absolute atomic E-state index is 0.425. The van der Waals surface area contributed by atoms with Crippen LogP contribution in [0.5, 0.6) is 5.88 Å². The van der Waals surface area contributed by atoms with E-state index in [1.807, 2.05) is 24.3 Å². The molecule has 0 aliphatic rings. The first-order valence-corrected chi connectivity index (χ1v) is 4.50. The van der Waals surface area contributed by atoms with E-state index in [-0.39, 0.29) is 0 Å². The summed E-state index contributed by atoms with van der Waals surface area (Å²) in [5, 5.41) is 0.825. The zero-order chi connectivity index (χ0) is 10.8. The van der Waals surface area contributed by atoms with Crippen LogP contribution in [0.4, 0.5) is 0 Å². The van der Waals surface area contributed by atoms with Gasteiger partial charge in [-0.2, -0.15) is 0 Å². The summed E-state index contributed by atoms with van der Waals surface area (Å²) in [4.78, 5) is 16.1. The number of para-hydroxylation sites is 1. The van der Waals surface area contributed by atoms with Gasteiger partial charge in [0.1, 0.15) is 7.11 Å². The van der Waals surface area contributed by atoms with Crippen LogP contribution >= 0.6 is 0 Å². The molecule has 0 radical (unpaired) electrons. The number of aromatic nitrogens is 1. The molecule has 0 saturated heterocycles. The monoisotopic (exact) mass is 205 g/mol. The van der Waals surface area contributed by atoms with Gasteiger partial charge in [-0.25, -0.2) is 0 Å². The fourth-order valence-corrected chi connectivity index (χ4v) is 1.70. The van der Waals surface area contributed by atoms with Gasteiger partial charge in [0.05, 0.1) is 18.2 Å². The van der Waals surface area contributed by atoms with Crippen LogP contribution < -0.4 is 9.57 Å². The van der Waals surface area contributed by atoms with Crippen molar-refractivity contribution in [3.8, 4) is 5.88 Å². The largest absolute Gasteiger partial charge is 0.480 e. The molecule has 0 fully saturated rings. The van der Waals surface area contributed by atoms with E-state index in [2.05, 4.69) is 0 Å². The van der Waals surface area contributed by atoms with Gasteiger partial charge in [-0.05, 0) is 6.07 Å². The quantitative estimate of drug-likeness (QED) is 0.713. The molecule has 2 aromatic rings. The minimum Gasteiger partial charge on any atom is -0.480 e. The molecule has 0 bridgehead atoms. The van der Waals surface area contributed by atoms with Crippen LogP contribution in [0.15, 0.2) is 24.3 Å². The van der Waals surface area contributed by atoms with Gasteiger partial charge in [0.2, 0.25) is 5.88 Å². The van der Waals surface area contributed by atoms with Crippen molar-refractivity contribution in [2.75, 3.05) is 14.2 Å². The molecule has 0 spiro atoms. The average molecular weight is 205 g/mol. The lowest BCUT2D eigenvalue weighted by Crippen LogP contribution is -2.07. The molecule has 0 N–H and O–H groups in total. The Balaban J connectivity index is 2.88. The molecule has 0 unspecified atom stereocenters. The topological polar surface area (TPSA) is 40.5 Å². The Hall–Kier alpha value is -1.97. The fraction of sp³-hybridized carbons (Fsp3) is 0.182. The Morgan fingerprint density at radius 1 is 1.27 bits per heavy atom. The SMILES string of the molecule is COc1c(C=O)c2ccccc2n1OC. The van der Waals surface area contributed by atoms with E-state index in [0.29, 0.717) is 11.4 Å². The molecular formula is C11H11NO3. The number of hydrogen-bond donors (Lipinski definition) is 0. The summed E-state index contributed by atoms with van der Waals surface area (Å²) in [6.45, 7) is 0. The number of hydrogen-bond acceptors (Lipinski definition) is 3. The highest BCUT2D eigenvalue weighted by molar-refractivity contribution is 6.00. The van der Waals surface area contributed by atoms with E-state index in [4.69, 9.17) is 9.57 Å². The molecule has 78 valence electrons. The Morgan fingerprint density at radius 2 is 2.00 bits per heavy atom. The normalized spacial score (nSPS) is 10.3. The molecule has 0 saturated carbocycles. The van der Waals surface area contributed by atoms with E-state index in [1.54, 1.807) is 0 Å². The molecule has 0 aliphatic heterocycles. The van der Waals surface area contributed by atoms with Crippen LogP contribution in [0.3, 0.4) is 0 Å². The highest BCUT2D eigenvalue weighted by Gasteiger charge is 2.17. The lowest BCUT2D eigenvalue weighted by molar-refractivity contribution is 0.111. The van der Waals surface area contributed by atoms with E-state index in [9.17, 15) is 4.79 Å². The smallest absolute Gasteiger partial charge is 0.239 e. The van der Waals surface area contributed by atoms with Crippen molar-refractivity contribution < 1.29 is 14.4 Å². The summed E-state index contributed by atoms with van der Waals surface area (Å²) in [5.74, 6) is 0.425. The van der Waals surface area contributed by atoms with E-state index in [0.717, 1.165) is 17.2 Å². The van der Waals surface area contributed by atoms with Gasteiger partial charge in [-0.15, -0.1) is 4.73 Å². The van der Waals surface area contributed by atoms with Crippen LogP contribution in [-0.2, 0) is 0 Å². The van der Waals surface area contributed by atoms with Gasteiger partial charge in [-0.1, -0.05) is 18.2 Å². The number of fused-ring (bicyclic) bond motifs is 1. The molecule has 1 heterocycles. The standard InChI is InChI=1S/C11H11NO3/c1-14-11-9(7-13)8-5-3-4-6-10(8)12(11)15-2/h3-7H,1-2H3. The second-order valence-electron chi connectivity index (χ2n) is 3.03. The third-order valence-corrected chi connectivity index (χ3v) is 2.32. The minimum atomic E-state index is 0.425. The number of aldehydes is 1. The second kappa shape index (κ2) is 3.65. The number of benzene rings is 1. The van der Waals surface area contributed by atoms with Crippen molar-refractivity contribution in [1.82, 2.24) is 4.73 Å². The maximum atomic E-state index is 11.0. The number of rotatable bonds is 3. The number of ether oxygens (including phenoxy) is 1. The van der Waals surface area contributed by atoms with Crippen molar-refractivity contribution in [2.24, 2.45) is 0 Å². The summed E-state index contributed by atoms with van der Waals surface area (Å²) in [7, 11) is 3.04. The van der Waals surface area contributed by atoms with E-state index in [1.165, 1.54) is 19.0 Å². The van der Waals surface area contributed by atoms with Crippen molar-refractivity contribution in [3.63, 3.8) is 0 Å². The first-order chi connectivity index (χ1) is 7.33. The maximum absolute atomic E-state index is 11.0. The van der Waals surface area contributed by atoms with Crippen molar-refractivity contribution in [2.45, 2.75) is 0 Å². The van der Waals surface area contributed by atoms with Crippen molar-refractivity contribution >= 4 is 17.2 Å². The van der Waals surface area contributed by atoms with Crippen molar-refractivity contribution in [3.05, 3.63) is 29.8 Å². The van der Waals surface area contributed by atoms with Crippen molar-refractivity contribution in [1.29, 1.82) is 0 Å². The van der Waals surface area contributed by atoms with Crippen LogP contribution in [0, 0.1) is 0 Å². The summed E-state index contributed by atoms with van der Waals surface area (Å²) in [6, 6.07) is 7.48. The number of nitrogens with zero attached hydrogens (tertiary/aromatic N) is 1. The zero-order valence-corrected chi connectivity index (χ0v) is 8.56. The van der Waals surface area contributed by atoms with Crippen LogP contribution in [-0.4, -0.2) is 25.2 Å². The summed E-state index contributed by atoms with van der Waals surface area (Å²) < 4.78 is 6.65. The van der Waals surface area contributed by atoms with E-state index >= 15 is 0 Å². The average Bonchev–Trinajstić information content (AvgIpc) is 2.61. The van der Waals surface area contributed by atoms with Gasteiger partial charge in [0.25, 0.3) is 0 Å². The van der Waals surface area contributed by atoms with Gasteiger partial charge in [0.15, 0.2) is 6.29 Å². The molecule has 0 atom stereocenters. The number of carbonyl (C=O) groups is 1. The molecule has 4 heteroatoms. The third-order valence-electron chi connectivity index (χ3n) is 2.32. The Kier molecular flexibility index (Phi) is 2.33. The van der Waals surface area contributed by atoms with Crippen LogP contribution in [0.25, 0.3) is 10.9 Å². The predicted molar refractivity (Wildman–Crippen MR) is 56.4 cm³/mol. The van der Waals surface area contributed by atoms with Gasteiger partial charge >= 0.3 is 0 Å². The Labute approximate surface area is 87.0 Å². The van der Waals surface area contributed by atoms with Crippen LogP contribution in [0.1, 0.15) is 10.4 Å². The summed E-state index contributed by atoms with van der Waals surface area (Å²) in [6.07, 6.45) is 0.774. The fourth-order valence-electron chi connectivity index (χ4n) is 1.70. The first-order valence-electron chi connectivity index (χ1n) is 4.50. The Bertz CT molecular complexity index is 502. The predicted octanol–water partition coefficient (Wildman–Crippen LogP) is 1.52. The van der Waals surface area contributed by atoms with Gasteiger partial charge in [-0.3, -0.25) is 4.79 Å². The highest BCUT2D eigenvalue weighted by atomic mass is 16.7. The molecular weight excluding hydrogens is 194 g/mol. The lowest BCUT2D eigenvalue weighted by atomic mass is 10.2. The highest BCUT2D eigenvalue weighted by Crippen LogP contribution is 2.29. The zero-order valence-electron chi connectivity index (χ0n) is 8.56. The summed E-state index contributed by atoms with van der Waals surface area (Å²) >= 11 is 0. The van der Waals surface area contributed by atoms with Gasteiger partial charge < -0.3 is 9.57 Å². The summed E-state index contributed by atoms with van der Waals surface area (Å²) in [5.41, 5.74) is 1.33. The third kappa shape index (κ3) is 1.26. The van der Waals surface area contributed by atoms with E-state index < -0.39 is 0 Å². The Morgan fingerprint density at radius 3 is 2.60 bits per heavy atom.